The number of nitrogens with zero attached hydrogens (tertiary/aromatic N) is 2. The SMILES string of the molecule is Cc1cc(COc2ccc(C(=O)NC3(CC(=O)NO)CCN(CC4CC4)C3)cc2)c2ccccc2n1.O=C(O)C(F)(F)F.O=C(O)C(F)(F)F. The van der Waals surface area contributed by atoms with Crippen LogP contribution < -0.4 is 15.5 Å². The molecule has 2 fully saturated rings. The fourth-order valence-electron chi connectivity index (χ4n) is 5.11. The number of fused-ring (bicyclic) bond motifs is 1. The lowest BCUT2D eigenvalue weighted by atomic mass is 9.93. The molecule has 5 N–H and O–H groups in total. The number of carbonyl (C=O) groups is 4. The molecule has 272 valence electrons. The Hall–Kier alpha value is -4.97. The lowest BCUT2D eigenvalue weighted by molar-refractivity contribution is -0.193. The van der Waals surface area contributed by atoms with Gasteiger partial charge in [-0.05, 0) is 68.5 Å². The van der Waals surface area contributed by atoms with Gasteiger partial charge < -0.3 is 25.2 Å². The molecule has 2 aromatic carbocycles. The van der Waals surface area contributed by atoms with Crippen molar-refractivity contribution in [3.63, 3.8) is 0 Å². The number of likely N-dealkylation sites (tertiary alicyclic amines) is 1. The summed E-state index contributed by atoms with van der Waals surface area (Å²) in [5.74, 6) is -4.86. The molecule has 0 bridgehead atoms. The summed E-state index contributed by atoms with van der Waals surface area (Å²) in [6, 6.07) is 17.1. The zero-order valence-electron chi connectivity index (χ0n) is 26.5. The number of para-hydroxylation sites is 1. The summed E-state index contributed by atoms with van der Waals surface area (Å²) in [6.07, 6.45) is -6.97. The molecule has 1 atom stereocenters. The van der Waals surface area contributed by atoms with Gasteiger partial charge in [0.15, 0.2) is 0 Å². The van der Waals surface area contributed by atoms with Crippen molar-refractivity contribution in [1.29, 1.82) is 0 Å². The number of amides is 2. The van der Waals surface area contributed by atoms with Crippen LogP contribution >= 0.6 is 0 Å². The Labute approximate surface area is 281 Å². The smallest absolute Gasteiger partial charge is 0.489 e. The van der Waals surface area contributed by atoms with Crippen molar-refractivity contribution < 1.29 is 65.7 Å². The van der Waals surface area contributed by atoms with Crippen LogP contribution in [-0.4, -0.2) is 86.6 Å². The quantitative estimate of drug-likeness (QED) is 0.117. The number of aromatic nitrogens is 1. The zero-order valence-corrected chi connectivity index (χ0v) is 26.5. The summed E-state index contributed by atoms with van der Waals surface area (Å²) in [6.45, 7) is 4.78. The Morgan fingerprint density at radius 1 is 0.960 bits per heavy atom. The van der Waals surface area contributed by atoms with E-state index >= 15 is 0 Å². The first kappa shape index (κ1) is 39.5. The van der Waals surface area contributed by atoms with Crippen LogP contribution in [0.25, 0.3) is 10.9 Å². The number of halogens is 6. The normalized spacial score (nSPS) is 17.4. The Morgan fingerprint density at radius 2 is 1.54 bits per heavy atom. The minimum Gasteiger partial charge on any atom is -0.489 e. The molecular weight excluding hydrogens is 682 g/mol. The average molecular weight is 717 g/mol. The van der Waals surface area contributed by atoms with Gasteiger partial charge in [-0.1, -0.05) is 18.2 Å². The number of aryl methyl sites for hydroxylation is 1. The van der Waals surface area contributed by atoms with Crippen molar-refractivity contribution in [1.82, 2.24) is 20.7 Å². The topological polar surface area (TPSA) is 178 Å². The first-order chi connectivity index (χ1) is 23.3. The van der Waals surface area contributed by atoms with Crippen LogP contribution in [0.3, 0.4) is 0 Å². The summed E-state index contributed by atoms with van der Waals surface area (Å²) in [5.41, 5.74) is 4.45. The highest BCUT2D eigenvalue weighted by Gasteiger charge is 2.43. The number of carbonyl (C=O) groups excluding carboxylic acids is 2. The van der Waals surface area contributed by atoms with E-state index in [1.54, 1.807) is 29.7 Å². The summed E-state index contributed by atoms with van der Waals surface area (Å²) >= 11 is 0. The third-order valence-corrected chi connectivity index (χ3v) is 7.57. The second-order valence-corrected chi connectivity index (χ2v) is 11.7. The highest BCUT2D eigenvalue weighted by atomic mass is 19.4. The number of nitrogens with one attached hydrogen (secondary N) is 2. The van der Waals surface area contributed by atoms with Crippen LogP contribution in [-0.2, 0) is 21.0 Å². The second-order valence-electron chi connectivity index (χ2n) is 11.7. The molecule has 0 spiro atoms. The van der Waals surface area contributed by atoms with E-state index in [9.17, 15) is 35.9 Å². The van der Waals surface area contributed by atoms with Gasteiger partial charge in [0, 0.05) is 41.8 Å². The number of carboxylic acids is 2. The highest BCUT2D eigenvalue weighted by Crippen LogP contribution is 2.33. The first-order valence-electron chi connectivity index (χ1n) is 15.0. The van der Waals surface area contributed by atoms with Crippen molar-refractivity contribution in [3.8, 4) is 5.75 Å². The molecule has 2 aliphatic rings. The van der Waals surface area contributed by atoms with E-state index < -0.39 is 35.7 Å². The largest absolute Gasteiger partial charge is 0.490 e. The number of pyridine rings is 1. The van der Waals surface area contributed by atoms with Gasteiger partial charge in [0.1, 0.15) is 12.4 Å². The minimum atomic E-state index is -5.08. The third kappa shape index (κ3) is 12.2. The molecule has 1 aromatic heterocycles. The van der Waals surface area contributed by atoms with Crippen LogP contribution in [0.4, 0.5) is 26.3 Å². The van der Waals surface area contributed by atoms with E-state index in [0.29, 0.717) is 30.9 Å². The standard InChI is InChI=1S/C28H32N4O4.2C2HF3O2/c1-19-14-22(24-4-2-3-5-25(24)29-19)17-36-23-10-8-21(9-11-23)27(34)30-28(15-26(33)31-35)12-13-32(18-28)16-20-6-7-20;2*3-2(4,5)1(6)7/h2-5,8-11,14,20,35H,6-7,12-13,15-18H2,1H3,(H,30,34)(H,31,33);2*(H,6,7). The summed E-state index contributed by atoms with van der Waals surface area (Å²) in [4.78, 5) is 49.8. The average Bonchev–Trinajstić information content (AvgIpc) is 3.78. The van der Waals surface area contributed by atoms with Crippen LogP contribution in [0.2, 0.25) is 0 Å². The first-order valence-corrected chi connectivity index (χ1v) is 15.0. The molecule has 1 saturated carbocycles. The van der Waals surface area contributed by atoms with Gasteiger partial charge >= 0.3 is 24.3 Å². The Balaban J connectivity index is 0.000000408. The van der Waals surface area contributed by atoms with Gasteiger partial charge in [-0.2, -0.15) is 26.3 Å². The maximum atomic E-state index is 13.1. The number of aliphatic carboxylic acids is 2. The third-order valence-electron chi connectivity index (χ3n) is 7.57. The molecule has 1 unspecified atom stereocenters. The lowest BCUT2D eigenvalue weighted by Crippen LogP contribution is -2.53. The number of hydroxylamine groups is 1. The zero-order chi connectivity index (χ0) is 37.3. The fraction of sp³-hybridized carbons (Fsp3) is 0.406. The molecule has 2 heterocycles. The van der Waals surface area contributed by atoms with Crippen molar-refractivity contribution in [2.24, 2.45) is 5.92 Å². The van der Waals surface area contributed by atoms with Crippen molar-refractivity contribution in [2.45, 2.75) is 57.1 Å². The number of carboxylic acid groups (broad SMARTS) is 2. The molecule has 50 heavy (non-hydrogen) atoms. The number of hydrogen-bond donors (Lipinski definition) is 5. The van der Waals surface area contributed by atoms with E-state index in [-0.39, 0.29) is 12.3 Å². The van der Waals surface area contributed by atoms with E-state index in [1.807, 2.05) is 37.3 Å². The van der Waals surface area contributed by atoms with Gasteiger partial charge in [-0.3, -0.25) is 19.8 Å². The predicted molar refractivity (Wildman–Crippen MR) is 163 cm³/mol. The number of hydrogen-bond acceptors (Lipinski definition) is 8. The summed E-state index contributed by atoms with van der Waals surface area (Å²) in [7, 11) is 0. The number of ether oxygens (including phenoxy) is 1. The number of alkyl halides is 6. The van der Waals surface area contributed by atoms with Crippen molar-refractivity contribution in [3.05, 3.63) is 71.4 Å². The Morgan fingerprint density at radius 3 is 2.08 bits per heavy atom. The van der Waals surface area contributed by atoms with Gasteiger partial charge in [-0.25, -0.2) is 15.1 Å². The fourth-order valence-corrected chi connectivity index (χ4v) is 5.11. The molecule has 5 rings (SSSR count). The molecule has 18 heteroatoms. The van der Waals surface area contributed by atoms with Crippen LogP contribution in [0.1, 0.15) is 47.3 Å². The van der Waals surface area contributed by atoms with Crippen molar-refractivity contribution in [2.75, 3.05) is 19.6 Å². The van der Waals surface area contributed by atoms with Crippen LogP contribution in [0.15, 0.2) is 54.6 Å². The second kappa shape index (κ2) is 16.6. The molecule has 3 aromatic rings. The molecule has 2 amide bonds. The highest BCUT2D eigenvalue weighted by molar-refractivity contribution is 5.95. The lowest BCUT2D eigenvalue weighted by Gasteiger charge is -2.30. The molecular formula is C32H34F6N4O8. The monoisotopic (exact) mass is 716 g/mol. The number of rotatable bonds is 9. The maximum Gasteiger partial charge on any atom is 0.490 e. The predicted octanol–water partition coefficient (Wildman–Crippen LogP) is 4.87. The molecule has 1 aliphatic carbocycles. The van der Waals surface area contributed by atoms with Gasteiger partial charge in [-0.15, -0.1) is 0 Å². The Bertz CT molecular complexity index is 1640. The van der Waals surface area contributed by atoms with Gasteiger partial charge in [0.2, 0.25) is 5.91 Å². The van der Waals surface area contributed by atoms with Crippen LogP contribution in [0, 0.1) is 12.8 Å². The van der Waals surface area contributed by atoms with E-state index in [1.165, 1.54) is 12.8 Å². The van der Waals surface area contributed by atoms with E-state index in [2.05, 4.69) is 15.2 Å². The molecule has 0 radical (unpaired) electrons. The molecule has 1 saturated heterocycles. The van der Waals surface area contributed by atoms with E-state index in [4.69, 9.17) is 29.7 Å². The Kier molecular flexibility index (Phi) is 13.1. The van der Waals surface area contributed by atoms with Crippen LogP contribution in [0.5, 0.6) is 5.75 Å². The minimum absolute atomic E-state index is 0.0386. The maximum absolute atomic E-state index is 13.1. The number of benzene rings is 2. The molecule has 12 nitrogen and oxygen atoms in total. The van der Waals surface area contributed by atoms with Gasteiger partial charge in [0.05, 0.1) is 17.5 Å². The van der Waals surface area contributed by atoms with E-state index in [0.717, 1.165) is 41.2 Å². The molecule has 1 aliphatic heterocycles. The summed E-state index contributed by atoms with van der Waals surface area (Å²) in [5, 5.41) is 27.5. The summed E-state index contributed by atoms with van der Waals surface area (Å²) < 4.78 is 69.5. The van der Waals surface area contributed by atoms with Gasteiger partial charge in [0.25, 0.3) is 5.91 Å². The van der Waals surface area contributed by atoms with Crippen molar-refractivity contribution >= 4 is 34.7 Å².